The second-order valence-corrected chi connectivity index (χ2v) is 4.65. The topological polar surface area (TPSA) is 43.7 Å². The molecule has 0 fully saturated rings. The van der Waals surface area contributed by atoms with Crippen LogP contribution in [0.1, 0.15) is 12.8 Å². The van der Waals surface area contributed by atoms with Gasteiger partial charge < -0.3 is 9.47 Å². The molecular weight excluding hydrogens is 276 g/mol. The second-order valence-electron chi connectivity index (χ2n) is 4.65. The SMILES string of the molecule is C1=CCC=C(OC2=CC(Oc3ccccn3)=CCC=C2)N=C1. The van der Waals surface area contributed by atoms with Gasteiger partial charge in [-0.2, -0.15) is 0 Å². The Labute approximate surface area is 129 Å². The van der Waals surface area contributed by atoms with Crippen LogP contribution in [0.15, 0.2) is 89.3 Å². The number of pyridine rings is 1. The standard InChI is InChI=1S/C18H16N2O2/c1-2-10-17(19-12-6-1)21-15-8-3-4-9-16(14-15)22-18-11-5-7-13-20-18/h1,3,5-14H,2,4H2. The fraction of sp³-hybridized carbons (Fsp3) is 0.111. The number of rotatable bonds is 4. The minimum Gasteiger partial charge on any atom is -0.439 e. The van der Waals surface area contributed by atoms with Gasteiger partial charge in [-0.05, 0) is 43.2 Å². The number of ether oxygens (including phenoxy) is 2. The van der Waals surface area contributed by atoms with Crippen molar-refractivity contribution in [2.24, 2.45) is 4.99 Å². The highest BCUT2D eigenvalue weighted by Crippen LogP contribution is 2.19. The van der Waals surface area contributed by atoms with Gasteiger partial charge in [0.1, 0.15) is 11.5 Å². The van der Waals surface area contributed by atoms with E-state index in [2.05, 4.69) is 9.98 Å². The van der Waals surface area contributed by atoms with Crippen molar-refractivity contribution in [2.45, 2.75) is 12.8 Å². The zero-order valence-electron chi connectivity index (χ0n) is 12.1. The van der Waals surface area contributed by atoms with Crippen molar-refractivity contribution >= 4 is 6.21 Å². The van der Waals surface area contributed by atoms with Crippen LogP contribution >= 0.6 is 0 Å². The van der Waals surface area contributed by atoms with Crippen molar-refractivity contribution in [3.63, 3.8) is 0 Å². The maximum atomic E-state index is 5.82. The zero-order valence-corrected chi connectivity index (χ0v) is 12.1. The lowest BCUT2D eigenvalue weighted by atomic mass is 10.3. The minimum atomic E-state index is 0.558. The van der Waals surface area contributed by atoms with Gasteiger partial charge in [0.05, 0.1) is 0 Å². The van der Waals surface area contributed by atoms with E-state index >= 15 is 0 Å². The lowest BCUT2D eigenvalue weighted by molar-refractivity contribution is 0.312. The molecule has 0 radical (unpaired) electrons. The summed E-state index contributed by atoms with van der Waals surface area (Å²) in [6, 6.07) is 5.55. The van der Waals surface area contributed by atoms with Crippen LogP contribution in [0, 0.1) is 0 Å². The third-order valence-electron chi connectivity index (χ3n) is 2.96. The maximum Gasteiger partial charge on any atom is 0.219 e. The molecule has 0 unspecified atom stereocenters. The molecule has 0 saturated carbocycles. The van der Waals surface area contributed by atoms with Crippen LogP contribution in [-0.2, 0) is 4.74 Å². The van der Waals surface area contributed by atoms with Gasteiger partial charge in [0.25, 0.3) is 0 Å². The molecule has 1 aliphatic heterocycles. The molecule has 110 valence electrons. The predicted molar refractivity (Wildman–Crippen MR) is 86.2 cm³/mol. The number of nitrogens with zero attached hydrogens (tertiary/aromatic N) is 2. The van der Waals surface area contributed by atoms with Gasteiger partial charge in [0.2, 0.25) is 11.8 Å². The summed E-state index contributed by atoms with van der Waals surface area (Å²) < 4.78 is 11.6. The van der Waals surface area contributed by atoms with E-state index in [1.807, 2.05) is 60.7 Å². The van der Waals surface area contributed by atoms with Crippen LogP contribution in [0.25, 0.3) is 0 Å². The van der Waals surface area contributed by atoms with Crippen LogP contribution in [0.5, 0.6) is 5.88 Å². The number of allylic oxidation sites excluding steroid dienone is 7. The molecule has 4 nitrogen and oxygen atoms in total. The Morgan fingerprint density at radius 1 is 0.955 bits per heavy atom. The molecular formula is C18H16N2O2. The highest BCUT2D eigenvalue weighted by atomic mass is 16.5. The number of hydrogen-bond donors (Lipinski definition) is 0. The lowest BCUT2D eigenvalue weighted by Crippen LogP contribution is -1.96. The first-order valence-electron chi connectivity index (χ1n) is 7.15. The number of hydrogen-bond acceptors (Lipinski definition) is 4. The Balaban J connectivity index is 1.73. The van der Waals surface area contributed by atoms with E-state index in [0.717, 1.165) is 12.8 Å². The number of aliphatic imine (C=N–C) groups is 1. The van der Waals surface area contributed by atoms with Gasteiger partial charge in [-0.15, -0.1) is 0 Å². The van der Waals surface area contributed by atoms with E-state index in [0.29, 0.717) is 23.3 Å². The van der Waals surface area contributed by atoms with Crippen molar-refractivity contribution in [2.75, 3.05) is 0 Å². The molecule has 1 aromatic rings. The summed E-state index contributed by atoms with van der Waals surface area (Å²) in [5.41, 5.74) is 0. The molecule has 2 heterocycles. The first-order valence-corrected chi connectivity index (χ1v) is 7.15. The van der Waals surface area contributed by atoms with Gasteiger partial charge >= 0.3 is 0 Å². The summed E-state index contributed by atoms with van der Waals surface area (Å²) >= 11 is 0. The van der Waals surface area contributed by atoms with E-state index in [1.54, 1.807) is 12.4 Å². The van der Waals surface area contributed by atoms with Gasteiger partial charge in [0.15, 0.2) is 0 Å². The molecule has 0 bridgehead atoms. The lowest BCUT2D eigenvalue weighted by Gasteiger charge is -2.08. The van der Waals surface area contributed by atoms with Gasteiger partial charge in [0, 0.05) is 24.6 Å². The Kier molecular flexibility index (Phi) is 4.62. The maximum absolute atomic E-state index is 5.82. The van der Waals surface area contributed by atoms with Gasteiger partial charge in [-0.1, -0.05) is 18.2 Å². The number of aromatic nitrogens is 1. The normalized spacial score (nSPS) is 17.0. The highest BCUT2D eigenvalue weighted by Gasteiger charge is 2.06. The first-order chi connectivity index (χ1) is 10.9. The van der Waals surface area contributed by atoms with Crippen molar-refractivity contribution in [1.82, 2.24) is 4.98 Å². The Morgan fingerprint density at radius 2 is 1.91 bits per heavy atom. The van der Waals surface area contributed by atoms with E-state index in [9.17, 15) is 0 Å². The van der Waals surface area contributed by atoms with Gasteiger partial charge in [-0.25, -0.2) is 9.98 Å². The molecule has 22 heavy (non-hydrogen) atoms. The molecule has 3 rings (SSSR count). The summed E-state index contributed by atoms with van der Waals surface area (Å²) in [5.74, 6) is 2.53. The van der Waals surface area contributed by atoms with Crippen molar-refractivity contribution < 1.29 is 9.47 Å². The van der Waals surface area contributed by atoms with E-state index in [1.165, 1.54) is 0 Å². The third kappa shape index (κ3) is 4.06. The Bertz CT molecular complexity index is 695. The van der Waals surface area contributed by atoms with Crippen molar-refractivity contribution in [3.05, 3.63) is 84.3 Å². The van der Waals surface area contributed by atoms with Crippen LogP contribution in [0.4, 0.5) is 0 Å². The summed E-state index contributed by atoms with van der Waals surface area (Å²) in [7, 11) is 0. The predicted octanol–water partition coefficient (Wildman–Crippen LogP) is 4.08. The molecule has 2 aliphatic rings. The smallest absolute Gasteiger partial charge is 0.219 e. The summed E-state index contributed by atoms with van der Waals surface area (Å²) in [6.45, 7) is 0. The van der Waals surface area contributed by atoms with Crippen LogP contribution in [0.3, 0.4) is 0 Å². The zero-order chi connectivity index (χ0) is 15.0. The summed E-state index contributed by atoms with van der Waals surface area (Å²) in [5, 5.41) is 0. The molecule has 1 aromatic heterocycles. The van der Waals surface area contributed by atoms with Crippen LogP contribution < -0.4 is 4.74 Å². The van der Waals surface area contributed by atoms with E-state index in [-0.39, 0.29) is 0 Å². The molecule has 0 atom stereocenters. The quantitative estimate of drug-likeness (QED) is 0.840. The fourth-order valence-corrected chi connectivity index (χ4v) is 1.94. The Morgan fingerprint density at radius 3 is 2.82 bits per heavy atom. The van der Waals surface area contributed by atoms with Crippen molar-refractivity contribution in [3.8, 4) is 5.88 Å². The highest BCUT2D eigenvalue weighted by molar-refractivity contribution is 5.72. The average molecular weight is 292 g/mol. The summed E-state index contributed by atoms with van der Waals surface area (Å²) in [4.78, 5) is 8.40. The van der Waals surface area contributed by atoms with Crippen LogP contribution in [0.2, 0.25) is 0 Å². The average Bonchev–Trinajstić information content (AvgIpc) is 2.92. The van der Waals surface area contributed by atoms with Gasteiger partial charge in [-0.3, -0.25) is 0 Å². The molecule has 4 heteroatoms. The van der Waals surface area contributed by atoms with E-state index < -0.39 is 0 Å². The molecule has 0 saturated heterocycles. The molecule has 0 aromatic carbocycles. The Hall–Kier alpha value is -2.88. The second kappa shape index (κ2) is 7.22. The van der Waals surface area contributed by atoms with E-state index in [4.69, 9.17) is 9.47 Å². The van der Waals surface area contributed by atoms with Crippen LogP contribution in [-0.4, -0.2) is 11.2 Å². The monoisotopic (exact) mass is 292 g/mol. The largest absolute Gasteiger partial charge is 0.439 e. The fourth-order valence-electron chi connectivity index (χ4n) is 1.94. The van der Waals surface area contributed by atoms with Crippen molar-refractivity contribution in [1.29, 1.82) is 0 Å². The molecule has 0 amide bonds. The minimum absolute atomic E-state index is 0.558. The summed E-state index contributed by atoms with van der Waals surface area (Å²) in [6.07, 6.45) is 18.6. The molecule has 0 N–H and O–H groups in total. The third-order valence-corrected chi connectivity index (χ3v) is 2.96. The molecule has 0 spiro atoms. The first kappa shape index (κ1) is 14.1. The molecule has 1 aliphatic carbocycles.